The van der Waals surface area contributed by atoms with Crippen LogP contribution in [-0.2, 0) is 0 Å². The zero-order valence-corrected chi connectivity index (χ0v) is 31.5. The predicted octanol–water partition coefficient (Wildman–Crippen LogP) is 13.1. The lowest BCUT2D eigenvalue weighted by Crippen LogP contribution is -2.44. The van der Waals surface area contributed by atoms with Gasteiger partial charge in [-0.1, -0.05) is 133 Å². The molecule has 0 radical (unpaired) electrons. The SMILES string of the molecule is c1ccc(C2=NC(c3cccc4c3sc3ccc(-c5ccc6c(c5)oc5cccc(-n7c8ccccc8c8ccccc87)c56)cc34)NC(c3ccccc3)N2)cc1. The molecule has 12 rings (SSSR count). The molecule has 6 heteroatoms. The van der Waals surface area contributed by atoms with Crippen molar-refractivity contribution in [3.8, 4) is 16.8 Å². The third-order valence-corrected chi connectivity index (χ3v) is 12.7. The maximum Gasteiger partial charge on any atom is 0.137 e. The van der Waals surface area contributed by atoms with Crippen molar-refractivity contribution in [3.63, 3.8) is 0 Å². The maximum absolute atomic E-state index is 6.65. The molecule has 5 nitrogen and oxygen atoms in total. The van der Waals surface area contributed by atoms with Gasteiger partial charge in [-0.15, -0.1) is 11.3 Å². The van der Waals surface area contributed by atoms with Gasteiger partial charge in [-0.3, -0.25) is 5.32 Å². The van der Waals surface area contributed by atoms with E-state index in [2.05, 4.69) is 191 Å². The molecule has 3 aromatic heterocycles. The highest BCUT2D eigenvalue weighted by atomic mass is 32.1. The van der Waals surface area contributed by atoms with Crippen LogP contribution in [-0.4, -0.2) is 10.4 Å². The first-order valence-corrected chi connectivity index (χ1v) is 20.2. The number of hydrogen-bond donors (Lipinski definition) is 2. The van der Waals surface area contributed by atoms with Gasteiger partial charge in [0.2, 0.25) is 0 Å². The van der Waals surface area contributed by atoms with E-state index >= 15 is 0 Å². The van der Waals surface area contributed by atoms with Gasteiger partial charge in [-0.2, -0.15) is 0 Å². The highest BCUT2D eigenvalue weighted by Crippen LogP contribution is 2.43. The van der Waals surface area contributed by atoms with Crippen LogP contribution in [0.4, 0.5) is 0 Å². The molecule has 0 saturated heterocycles. The number of nitrogens with zero attached hydrogens (tertiary/aromatic N) is 2. The number of fused-ring (bicyclic) bond motifs is 9. The molecule has 0 bridgehead atoms. The number of amidine groups is 1. The molecule has 11 aromatic rings. The monoisotopic (exact) mass is 750 g/mol. The van der Waals surface area contributed by atoms with Gasteiger partial charge in [-0.05, 0) is 65.2 Å². The topological polar surface area (TPSA) is 54.5 Å². The van der Waals surface area contributed by atoms with E-state index in [0.29, 0.717) is 0 Å². The van der Waals surface area contributed by atoms with Crippen molar-refractivity contribution in [2.75, 3.05) is 0 Å². The van der Waals surface area contributed by atoms with Crippen LogP contribution in [0.5, 0.6) is 0 Å². The van der Waals surface area contributed by atoms with Crippen molar-refractivity contribution in [2.45, 2.75) is 12.3 Å². The van der Waals surface area contributed by atoms with Crippen LogP contribution in [0.2, 0.25) is 0 Å². The summed E-state index contributed by atoms with van der Waals surface area (Å²) in [6.45, 7) is 0. The minimum Gasteiger partial charge on any atom is -0.456 e. The van der Waals surface area contributed by atoms with E-state index in [-0.39, 0.29) is 12.3 Å². The summed E-state index contributed by atoms with van der Waals surface area (Å²) in [5, 5.41) is 14.7. The Morgan fingerprint density at radius 1 is 0.526 bits per heavy atom. The fraction of sp³-hybridized carbons (Fsp3) is 0.0392. The Bertz CT molecular complexity index is 3320. The zero-order valence-electron chi connectivity index (χ0n) is 30.7. The number of hydrogen-bond acceptors (Lipinski definition) is 5. The second kappa shape index (κ2) is 12.8. The van der Waals surface area contributed by atoms with Gasteiger partial charge in [-0.25, -0.2) is 4.99 Å². The summed E-state index contributed by atoms with van der Waals surface area (Å²) in [4.78, 5) is 5.27. The lowest BCUT2D eigenvalue weighted by atomic mass is 10.00. The van der Waals surface area contributed by atoms with Gasteiger partial charge >= 0.3 is 0 Å². The second-order valence-corrected chi connectivity index (χ2v) is 15.8. The molecule has 0 aliphatic carbocycles. The smallest absolute Gasteiger partial charge is 0.137 e. The van der Waals surface area contributed by atoms with Crippen molar-refractivity contribution < 1.29 is 4.42 Å². The lowest BCUT2D eigenvalue weighted by molar-refractivity contribution is 0.411. The van der Waals surface area contributed by atoms with E-state index in [1.165, 1.54) is 53.1 Å². The van der Waals surface area contributed by atoms with E-state index in [1.807, 2.05) is 17.4 Å². The Hall–Kier alpha value is -6.99. The first-order chi connectivity index (χ1) is 28.2. The number of nitrogens with one attached hydrogen (secondary N) is 2. The van der Waals surface area contributed by atoms with Crippen LogP contribution in [0.3, 0.4) is 0 Å². The second-order valence-electron chi connectivity index (χ2n) is 14.8. The van der Waals surface area contributed by atoms with Crippen LogP contribution in [0, 0.1) is 0 Å². The Kier molecular flexibility index (Phi) is 7.24. The molecule has 0 fully saturated rings. The first kappa shape index (κ1) is 32.3. The number of rotatable bonds is 5. The van der Waals surface area contributed by atoms with Crippen molar-refractivity contribution in [1.29, 1.82) is 0 Å². The fourth-order valence-electron chi connectivity index (χ4n) is 8.85. The molecular formula is C51H34N4OS. The quantitative estimate of drug-likeness (QED) is 0.184. The zero-order chi connectivity index (χ0) is 37.5. The highest BCUT2D eigenvalue weighted by molar-refractivity contribution is 7.26. The number of furan rings is 1. The fourth-order valence-corrected chi connectivity index (χ4v) is 10.1. The molecular weight excluding hydrogens is 717 g/mol. The molecule has 0 spiro atoms. The maximum atomic E-state index is 6.65. The average molecular weight is 751 g/mol. The number of thiophene rings is 1. The summed E-state index contributed by atoms with van der Waals surface area (Å²) in [5.74, 6) is 0.886. The normalized spacial score (nSPS) is 15.9. The molecule has 2 unspecified atom stereocenters. The van der Waals surface area contributed by atoms with E-state index < -0.39 is 0 Å². The molecule has 2 atom stereocenters. The third kappa shape index (κ3) is 5.15. The molecule has 0 saturated carbocycles. The van der Waals surface area contributed by atoms with Crippen LogP contribution < -0.4 is 10.6 Å². The third-order valence-electron chi connectivity index (χ3n) is 11.5. The molecule has 270 valence electrons. The van der Waals surface area contributed by atoms with Crippen molar-refractivity contribution in [2.24, 2.45) is 4.99 Å². The number of aliphatic imine (C=N–C) groups is 1. The summed E-state index contributed by atoms with van der Waals surface area (Å²) in [7, 11) is 0. The van der Waals surface area contributed by atoms with Crippen molar-refractivity contribution in [3.05, 3.63) is 199 Å². The average Bonchev–Trinajstić information content (AvgIpc) is 3.96. The standard InChI is InChI=1S/C51H34N4OS/c1-3-13-31(14-4-1)49-52-50(32-15-5-2-6-16-32)54-51(53-49)39-20-11-19-37-40-29-33(26-28-46(40)57-48(37)39)34-25-27-38-45(30-34)56-44-24-12-23-43(47(38)44)55-41-21-9-7-17-35(41)36-18-8-10-22-42(36)55/h1-30,49,51,53H,(H,52,54). The number of para-hydroxylation sites is 2. The Balaban J connectivity index is 0.958. The van der Waals surface area contributed by atoms with Gasteiger partial charge in [0.05, 0.1) is 22.1 Å². The van der Waals surface area contributed by atoms with E-state index in [9.17, 15) is 0 Å². The van der Waals surface area contributed by atoms with Crippen LogP contribution in [0.25, 0.3) is 80.7 Å². The van der Waals surface area contributed by atoms with Crippen molar-refractivity contribution >= 4 is 81.1 Å². The largest absolute Gasteiger partial charge is 0.456 e. The van der Waals surface area contributed by atoms with Gasteiger partial charge in [0.1, 0.15) is 29.3 Å². The molecule has 1 aliphatic rings. The van der Waals surface area contributed by atoms with Gasteiger partial charge in [0.25, 0.3) is 0 Å². The summed E-state index contributed by atoms with van der Waals surface area (Å²) in [6, 6.07) is 64.8. The number of benzene rings is 8. The molecule has 0 amide bonds. The highest BCUT2D eigenvalue weighted by Gasteiger charge is 2.27. The van der Waals surface area contributed by atoms with Gasteiger partial charge in [0.15, 0.2) is 0 Å². The van der Waals surface area contributed by atoms with Crippen LogP contribution in [0.1, 0.15) is 29.0 Å². The molecule has 2 N–H and O–H groups in total. The molecule has 8 aromatic carbocycles. The minimum absolute atomic E-state index is 0.0913. The summed E-state index contributed by atoms with van der Waals surface area (Å²) in [5.41, 5.74) is 11.0. The van der Waals surface area contributed by atoms with Gasteiger partial charge in [0, 0.05) is 47.5 Å². The predicted molar refractivity (Wildman–Crippen MR) is 238 cm³/mol. The van der Waals surface area contributed by atoms with Gasteiger partial charge < -0.3 is 14.3 Å². The molecule has 57 heavy (non-hydrogen) atoms. The Morgan fingerprint density at radius 3 is 2.02 bits per heavy atom. The summed E-state index contributed by atoms with van der Waals surface area (Å²) < 4.78 is 11.5. The van der Waals surface area contributed by atoms with Crippen molar-refractivity contribution in [1.82, 2.24) is 15.2 Å². The minimum atomic E-state index is -0.231. The molecule has 1 aliphatic heterocycles. The Morgan fingerprint density at radius 2 is 1.21 bits per heavy atom. The van der Waals surface area contributed by atoms with Crippen LogP contribution >= 0.6 is 11.3 Å². The summed E-state index contributed by atoms with van der Waals surface area (Å²) >= 11 is 1.84. The van der Waals surface area contributed by atoms with E-state index in [4.69, 9.17) is 9.41 Å². The number of aromatic nitrogens is 1. The lowest BCUT2D eigenvalue weighted by Gasteiger charge is -2.32. The Labute approximate surface area is 332 Å². The summed E-state index contributed by atoms with van der Waals surface area (Å²) in [6.07, 6.45) is -0.322. The first-order valence-electron chi connectivity index (χ1n) is 19.4. The molecule has 4 heterocycles. The van der Waals surface area contributed by atoms with Crippen LogP contribution in [0.15, 0.2) is 191 Å². The van der Waals surface area contributed by atoms with E-state index in [1.54, 1.807) is 0 Å². The van der Waals surface area contributed by atoms with E-state index in [0.717, 1.165) is 50.2 Å².